The van der Waals surface area contributed by atoms with E-state index < -0.39 is 12.3 Å². The van der Waals surface area contributed by atoms with Crippen LogP contribution in [0, 0.1) is 11.3 Å². The number of amides is 2. The average Bonchev–Trinajstić information content (AvgIpc) is 2.53. The third-order valence-corrected chi connectivity index (χ3v) is 3.11. The van der Waals surface area contributed by atoms with Crippen LogP contribution in [0.5, 0.6) is 5.75 Å². The van der Waals surface area contributed by atoms with E-state index in [1.165, 1.54) is 4.90 Å². The van der Waals surface area contributed by atoms with Crippen molar-refractivity contribution < 1.29 is 19.1 Å². The van der Waals surface area contributed by atoms with Gasteiger partial charge in [0.05, 0.1) is 18.2 Å². The van der Waals surface area contributed by atoms with Crippen molar-refractivity contribution in [3.8, 4) is 11.8 Å². The van der Waals surface area contributed by atoms with E-state index in [4.69, 9.17) is 20.5 Å². The van der Waals surface area contributed by atoms with E-state index in [0.29, 0.717) is 30.9 Å². The molecule has 8 heteroatoms. The molecule has 1 saturated heterocycles. The number of hydrogen-bond acceptors (Lipinski definition) is 6. The van der Waals surface area contributed by atoms with Crippen molar-refractivity contribution in [2.75, 3.05) is 26.2 Å². The smallest absolute Gasteiger partial charge is 0.406 e. The molecule has 116 valence electrons. The summed E-state index contributed by atoms with van der Waals surface area (Å²) in [6, 6.07) is 8.42. The van der Waals surface area contributed by atoms with Gasteiger partial charge >= 0.3 is 6.09 Å². The van der Waals surface area contributed by atoms with Crippen molar-refractivity contribution in [1.29, 1.82) is 5.26 Å². The minimum atomic E-state index is -0.931. The van der Waals surface area contributed by atoms with Crippen molar-refractivity contribution in [3.63, 3.8) is 0 Å². The van der Waals surface area contributed by atoms with Gasteiger partial charge in [-0.05, 0) is 24.3 Å². The minimum Gasteiger partial charge on any atom is -0.484 e. The van der Waals surface area contributed by atoms with Crippen LogP contribution in [0.4, 0.5) is 4.79 Å². The molecule has 1 aromatic rings. The predicted octanol–water partition coefficient (Wildman–Crippen LogP) is -0.210. The predicted molar refractivity (Wildman–Crippen MR) is 75.7 cm³/mol. The van der Waals surface area contributed by atoms with Crippen LogP contribution in [0.1, 0.15) is 5.56 Å². The first-order valence-electron chi connectivity index (χ1n) is 6.69. The molecule has 1 unspecified atom stereocenters. The topological polar surface area (TPSA) is 118 Å². The summed E-state index contributed by atoms with van der Waals surface area (Å²) < 4.78 is 10.3. The van der Waals surface area contributed by atoms with Crippen molar-refractivity contribution >= 4 is 12.0 Å². The molecule has 0 radical (unpaired) electrons. The van der Waals surface area contributed by atoms with E-state index >= 15 is 0 Å². The molecule has 0 aromatic heterocycles. The van der Waals surface area contributed by atoms with Gasteiger partial charge in [0.15, 0.2) is 12.8 Å². The molecule has 0 saturated carbocycles. The van der Waals surface area contributed by atoms with Gasteiger partial charge in [-0.1, -0.05) is 0 Å². The van der Waals surface area contributed by atoms with E-state index in [9.17, 15) is 9.59 Å². The number of nitriles is 1. The summed E-state index contributed by atoms with van der Waals surface area (Å²) in [6.45, 7) is 1.13. The summed E-state index contributed by atoms with van der Waals surface area (Å²) >= 11 is 0. The van der Waals surface area contributed by atoms with E-state index in [0.717, 1.165) is 0 Å². The zero-order valence-electron chi connectivity index (χ0n) is 11.8. The number of carbonyl (C=O) groups excluding carboxylic acids is 2. The van der Waals surface area contributed by atoms with Crippen LogP contribution in [0.15, 0.2) is 24.3 Å². The Hall–Kier alpha value is -2.79. The second kappa shape index (κ2) is 7.28. The summed E-state index contributed by atoms with van der Waals surface area (Å²) in [5, 5.41) is 11.7. The molecule has 3 N–H and O–H groups in total. The number of hydrogen-bond donors (Lipinski definition) is 2. The number of nitrogens with one attached hydrogen (secondary N) is 1. The summed E-state index contributed by atoms with van der Waals surface area (Å²) in [4.78, 5) is 24.4. The van der Waals surface area contributed by atoms with Crippen LogP contribution in [0.3, 0.4) is 0 Å². The third-order valence-electron chi connectivity index (χ3n) is 3.11. The summed E-state index contributed by atoms with van der Waals surface area (Å²) in [6.07, 6.45) is -1.66. The van der Waals surface area contributed by atoms with Crippen LogP contribution in [-0.2, 0) is 9.53 Å². The van der Waals surface area contributed by atoms with E-state index in [2.05, 4.69) is 5.32 Å². The first-order valence-corrected chi connectivity index (χ1v) is 6.69. The van der Waals surface area contributed by atoms with Gasteiger partial charge in [0.2, 0.25) is 0 Å². The largest absolute Gasteiger partial charge is 0.484 e. The normalized spacial score (nSPS) is 17.4. The average molecular weight is 304 g/mol. The number of nitrogens with zero attached hydrogens (tertiary/aromatic N) is 2. The zero-order valence-corrected chi connectivity index (χ0v) is 11.8. The number of nitrogens with two attached hydrogens (primary N) is 1. The maximum Gasteiger partial charge on any atom is 0.406 e. The van der Waals surface area contributed by atoms with Gasteiger partial charge in [0.25, 0.3) is 5.91 Å². The van der Waals surface area contributed by atoms with Crippen molar-refractivity contribution in [2.24, 2.45) is 5.73 Å². The number of primary amides is 1. The van der Waals surface area contributed by atoms with Crippen molar-refractivity contribution in [2.45, 2.75) is 6.23 Å². The highest BCUT2D eigenvalue weighted by molar-refractivity contribution is 5.78. The summed E-state index contributed by atoms with van der Waals surface area (Å²) in [5.74, 6) is 0.173. The molecule has 1 heterocycles. The fourth-order valence-electron chi connectivity index (χ4n) is 2.06. The number of ether oxygens (including phenoxy) is 2. The SMILES string of the molecule is N#Cc1ccc(OCC(=O)N2CCNCC2OC(N)=O)cc1. The van der Waals surface area contributed by atoms with Crippen molar-refractivity contribution in [1.82, 2.24) is 10.2 Å². The molecule has 1 aromatic carbocycles. The van der Waals surface area contributed by atoms with E-state index in [1.807, 2.05) is 6.07 Å². The Morgan fingerprint density at radius 1 is 1.41 bits per heavy atom. The van der Waals surface area contributed by atoms with Gasteiger partial charge < -0.3 is 25.4 Å². The second-order valence-electron chi connectivity index (χ2n) is 4.61. The van der Waals surface area contributed by atoms with Crippen LogP contribution in [0.25, 0.3) is 0 Å². The van der Waals surface area contributed by atoms with Gasteiger partial charge in [-0.15, -0.1) is 0 Å². The molecule has 1 fully saturated rings. The standard InChI is InChI=1S/C14H16N4O4/c15-7-10-1-3-11(4-2-10)21-9-12(19)18-6-5-17-8-13(18)22-14(16)20/h1-4,13,17H,5-6,8-9H2,(H2,16,20). The second-order valence-corrected chi connectivity index (χ2v) is 4.61. The maximum absolute atomic E-state index is 12.2. The molecule has 0 spiro atoms. The Morgan fingerprint density at radius 2 is 2.14 bits per heavy atom. The molecule has 8 nitrogen and oxygen atoms in total. The third kappa shape index (κ3) is 4.10. The highest BCUT2D eigenvalue weighted by Gasteiger charge is 2.29. The first kappa shape index (κ1) is 15.6. The molecular formula is C14H16N4O4. The molecule has 1 aliphatic rings. The van der Waals surface area contributed by atoms with Gasteiger partial charge in [-0.25, -0.2) is 4.79 Å². The zero-order chi connectivity index (χ0) is 15.9. The van der Waals surface area contributed by atoms with Gasteiger partial charge in [-0.3, -0.25) is 4.79 Å². The minimum absolute atomic E-state index is 0.190. The lowest BCUT2D eigenvalue weighted by atomic mass is 10.2. The molecule has 22 heavy (non-hydrogen) atoms. The molecule has 1 atom stereocenters. The quantitative estimate of drug-likeness (QED) is 0.794. The Labute approximate surface area is 127 Å². The highest BCUT2D eigenvalue weighted by atomic mass is 16.6. The van der Waals surface area contributed by atoms with Crippen LogP contribution >= 0.6 is 0 Å². The summed E-state index contributed by atoms with van der Waals surface area (Å²) in [7, 11) is 0. The Kier molecular flexibility index (Phi) is 5.16. The molecule has 2 rings (SSSR count). The molecule has 1 aliphatic heterocycles. The Balaban J connectivity index is 1.91. The lowest BCUT2D eigenvalue weighted by molar-refractivity contribution is -0.145. The number of benzene rings is 1. The molecule has 0 bridgehead atoms. The molecule has 2 amide bonds. The van der Waals surface area contributed by atoms with Gasteiger partial charge in [-0.2, -0.15) is 5.26 Å². The van der Waals surface area contributed by atoms with Crippen LogP contribution in [0.2, 0.25) is 0 Å². The lowest BCUT2D eigenvalue weighted by Gasteiger charge is -2.34. The summed E-state index contributed by atoms with van der Waals surface area (Å²) in [5.41, 5.74) is 5.50. The van der Waals surface area contributed by atoms with Gasteiger partial charge in [0, 0.05) is 13.1 Å². The van der Waals surface area contributed by atoms with E-state index in [1.54, 1.807) is 24.3 Å². The van der Waals surface area contributed by atoms with E-state index in [-0.39, 0.29) is 12.5 Å². The lowest BCUT2D eigenvalue weighted by Crippen LogP contribution is -2.56. The van der Waals surface area contributed by atoms with Crippen LogP contribution in [-0.4, -0.2) is 49.4 Å². The fourth-order valence-corrected chi connectivity index (χ4v) is 2.06. The van der Waals surface area contributed by atoms with Gasteiger partial charge in [0.1, 0.15) is 5.75 Å². The van der Waals surface area contributed by atoms with Crippen molar-refractivity contribution in [3.05, 3.63) is 29.8 Å². The molecular weight excluding hydrogens is 288 g/mol. The maximum atomic E-state index is 12.2. The first-order chi connectivity index (χ1) is 10.6. The monoisotopic (exact) mass is 304 g/mol. The Bertz CT molecular complexity index is 582. The highest BCUT2D eigenvalue weighted by Crippen LogP contribution is 2.12. The fraction of sp³-hybridized carbons (Fsp3) is 0.357. The number of rotatable bonds is 4. The number of piperazine rings is 1. The Morgan fingerprint density at radius 3 is 2.77 bits per heavy atom. The van der Waals surface area contributed by atoms with Crippen LogP contribution < -0.4 is 15.8 Å². The number of carbonyl (C=O) groups is 2. The molecule has 0 aliphatic carbocycles.